The predicted molar refractivity (Wildman–Crippen MR) is 68.4 cm³/mol. The molecule has 0 bridgehead atoms. The highest BCUT2D eigenvalue weighted by Gasteiger charge is 2.06. The van der Waals surface area contributed by atoms with Gasteiger partial charge in [0.15, 0.2) is 0 Å². The molecule has 0 radical (unpaired) electrons. The number of anilines is 1. The molecular weight excluding hydrogens is 246 g/mol. The molecule has 0 fully saturated rings. The first kappa shape index (κ1) is 12.9. The molecular formula is C11H12ClNO2S. The Kier molecular flexibility index (Phi) is 5.22. The summed E-state index contributed by atoms with van der Waals surface area (Å²) in [5.41, 5.74) is 0.544. The minimum Gasteiger partial charge on any atom is -0.445 e. The van der Waals surface area contributed by atoms with E-state index >= 15 is 0 Å². The molecule has 1 aromatic carbocycles. The molecule has 0 aromatic heterocycles. The van der Waals surface area contributed by atoms with E-state index in [2.05, 4.69) is 11.9 Å². The number of benzene rings is 1. The van der Waals surface area contributed by atoms with E-state index in [1.807, 2.05) is 12.3 Å². The number of amides is 1. The van der Waals surface area contributed by atoms with Crippen molar-refractivity contribution in [1.82, 2.24) is 0 Å². The van der Waals surface area contributed by atoms with E-state index in [1.165, 1.54) is 6.08 Å². The molecule has 1 rings (SSSR count). The van der Waals surface area contributed by atoms with Crippen LogP contribution in [0.3, 0.4) is 0 Å². The Morgan fingerprint density at radius 1 is 1.69 bits per heavy atom. The van der Waals surface area contributed by atoms with Crippen LogP contribution in [0.4, 0.5) is 10.5 Å². The van der Waals surface area contributed by atoms with E-state index in [9.17, 15) is 4.79 Å². The van der Waals surface area contributed by atoms with Crippen molar-refractivity contribution in [2.45, 2.75) is 4.90 Å². The van der Waals surface area contributed by atoms with Crippen LogP contribution in [-0.4, -0.2) is 19.0 Å². The summed E-state index contributed by atoms with van der Waals surface area (Å²) < 4.78 is 4.79. The molecule has 0 saturated carbocycles. The third-order valence-corrected chi connectivity index (χ3v) is 2.80. The van der Waals surface area contributed by atoms with Gasteiger partial charge < -0.3 is 4.74 Å². The molecule has 0 saturated heterocycles. The zero-order valence-electron chi connectivity index (χ0n) is 8.83. The smallest absolute Gasteiger partial charge is 0.411 e. The van der Waals surface area contributed by atoms with Crippen molar-refractivity contribution in [2.24, 2.45) is 0 Å². The lowest BCUT2D eigenvalue weighted by Gasteiger charge is -2.08. The monoisotopic (exact) mass is 257 g/mol. The summed E-state index contributed by atoms with van der Waals surface area (Å²) >= 11 is 7.50. The second kappa shape index (κ2) is 6.45. The standard InChI is InChI=1S/C11H12ClNO2S/c1-3-6-15-11(14)13-10-7-8(16-2)4-5-9(10)12/h3-5,7H,1,6H2,2H3,(H,13,14). The third kappa shape index (κ3) is 3.79. The Bertz CT molecular complexity index is 396. The fourth-order valence-electron chi connectivity index (χ4n) is 1.01. The van der Waals surface area contributed by atoms with Gasteiger partial charge in [-0.3, -0.25) is 5.32 Å². The van der Waals surface area contributed by atoms with Crippen molar-refractivity contribution in [3.05, 3.63) is 35.9 Å². The number of nitrogens with one attached hydrogen (secondary N) is 1. The molecule has 0 unspecified atom stereocenters. The van der Waals surface area contributed by atoms with Crippen LogP contribution >= 0.6 is 23.4 Å². The van der Waals surface area contributed by atoms with E-state index in [1.54, 1.807) is 23.9 Å². The Morgan fingerprint density at radius 2 is 2.44 bits per heavy atom. The molecule has 5 heteroatoms. The van der Waals surface area contributed by atoms with E-state index in [0.717, 1.165) is 4.90 Å². The van der Waals surface area contributed by atoms with E-state index in [-0.39, 0.29) is 6.61 Å². The molecule has 0 aliphatic heterocycles. The maximum Gasteiger partial charge on any atom is 0.411 e. The number of carbonyl (C=O) groups is 1. The summed E-state index contributed by atoms with van der Waals surface area (Å²) in [7, 11) is 0. The number of carbonyl (C=O) groups excluding carboxylic acids is 1. The number of ether oxygens (including phenoxy) is 1. The lowest BCUT2D eigenvalue weighted by Crippen LogP contribution is -2.13. The molecule has 1 amide bonds. The van der Waals surface area contributed by atoms with Crippen LogP contribution in [0.15, 0.2) is 35.7 Å². The molecule has 0 aliphatic carbocycles. The van der Waals surface area contributed by atoms with Crippen LogP contribution in [0, 0.1) is 0 Å². The lowest BCUT2D eigenvalue weighted by molar-refractivity contribution is 0.174. The van der Waals surface area contributed by atoms with Gasteiger partial charge in [-0.1, -0.05) is 24.3 Å². The highest BCUT2D eigenvalue weighted by Crippen LogP contribution is 2.27. The third-order valence-electron chi connectivity index (χ3n) is 1.74. The predicted octanol–water partition coefficient (Wildman–Crippen LogP) is 3.80. The highest BCUT2D eigenvalue weighted by molar-refractivity contribution is 7.98. The summed E-state index contributed by atoms with van der Waals surface area (Å²) in [6, 6.07) is 5.41. The zero-order valence-corrected chi connectivity index (χ0v) is 10.4. The first-order valence-electron chi connectivity index (χ1n) is 4.55. The average Bonchev–Trinajstić information content (AvgIpc) is 2.29. The second-order valence-corrected chi connectivity index (χ2v) is 4.14. The van der Waals surface area contributed by atoms with E-state index < -0.39 is 6.09 Å². The van der Waals surface area contributed by atoms with Crippen molar-refractivity contribution in [2.75, 3.05) is 18.2 Å². The largest absolute Gasteiger partial charge is 0.445 e. The first-order chi connectivity index (χ1) is 7.67. The molecule has 0 atom stereocenters. The first-order valence-corrected chi connectivity index (χ1v) is 6.16. The van der Waals surface area contributed by atoms with Crippen molar-refractivity contribution < 1.29 is 9.53 Å². The molecule has 0 aliphatic rings. The van der Waals surface area contributed by atoms with Gasteiger partial charge in [0.05, 0.1) is 10.7 Å². The number of hydrogen-bond donors (Lipinski definition) is 1. The fraction of sp³-hybridized carbons (Fsp3) is 0.182. The quantitative estimate of drug-likeness (QED) is 0.659. The van der Waals surface area contributed by atoms with Crippen LogP contribution in [0.25, 0.3) is 0 Å². The van der Waals surface area contributed by atoms with E-state index in [4.69, 9.17) is 16.3 Å². The molecule has 3 nitrogen and oxygen atoms in total. The van der Waals surface area contributed by atoms with Crippen LogP contribution in [0.1, 0.15) is 0 Å². The summed E-state index contributed by atoms with van der Waals surface area (Å²) in [5, 5.41) is 3.05. The number of thioether (sulfide) groups is 1. The molecule has 1 N–H and O–H groups in total. The normalized spacial score (nSPS) is 9.62. The zero-order chi connectivity index (χ0) is 12.0. The van der Waals surface area contributed by atoms with Crippen LogP contribution < -0.4 is 5.32 Å². The maximum absolute atomic E-state index is 11.3. The average molecular weight is 258 g/mol. The van der Waals surface area contributed by atoms with Gasteiger partial charge in [-0.15, -0.1) is 11.8 Å². The van der Waals surface area contributed by atoms with Crippen LogP contribution in [0.2, 0.25) is 5.02 Å². The van der Waals surface area contributed by atoms with Crippen molar-refractivity contribution >= 4 is 35.1 Å². The lowest BCUT2D eigenvalue weighted by atomic mass is 10.3. The molecule has 86 valence electrons. The van der Waals surface area contributed by atoms with Gasteiger partial charge in [-0.05, 0) is 24.5 Å². The van der Waals surface area contributed by atoms with Gasteiger partial charge in [0, 0.05) is 4.90 Å². The Hall–Kier alpha value is -1.13. The Morgan fingerprint density at radius 3 is 3.06 bits per heavy atom. The van der Waals surface area contributed by atoms with Gasteiger partial charge in [-0.25, -0.2) is 4.79 Å². The summed E-state index contributed by atoms with van der Waals surface area (Å²) in [5.74, 6) is 0. The SMILES string of the molecule is C=CCOC(=O)Nc1cc(SC)ccc1Cl. The summed E-state index contributed by atoms with van der Waals surface area (Å²) in [4.78, 5) is 12.3. The number of rotatable bonds is 4. The second-order valence-electron chi connectivity index (χ2n) is 2.86. The van der Waals surface area contributed by atoms with Crippen molar-refractivity contribution in [3.63, 3.8) is 0 Å². The molecule has 1 aromatic rings. The minimum atomic E-state index is -0.542. The van der Waals surface area contributed by atoms with Gasteiger partial charge in [0.2, 0.25) is 0 Å². The minimum absolute atomic E-state index is 0.172. The fourth-order valence-corrected chi connectivity index (χ4v) is 1.61. The van der Waals surface area contributed by atoms with Gasteiger partial charge in [0.1, 0.15) is 6.61 Å². The topological polar surface area (TPSA) is 38.3 Å². The van der Waals surface area contributed by atoms with Crippen molar-refractivity contribution in [1.29, 1.82) is 0 Å². The van der Waals surface area contributed by atoms with Crippen LogP contribution in [-0.2, 0) is 4.74 Å². The Balaban J connectivity index is 2.71. The molecule has 0 spiro atoms. The van der Waals surface area contributed by atoms with Crippen molar-refractivity contribution in [3.8, 4) is 0 Å². The van der Waals surface area contributed by atoms with Crippen LogP contribution in [0.5, 0.6) is 0 Å². The maximum atomic E-state index is 11.3. The molecule has 16 heavy (non-hydrogen) atoms. The van der Waals surface area contributed by atoms with E-state index in [0.29, 0.717) is 10.7 Å². The van der Waals surface area contributed by atoms with Gasteiger partial charge >= 0.3 is 6.09 Å². The summed E-state index contributed by atoms with van der Waals surface area (Å²) in [6.45, 7) is 3.62. The summed E-state index contributed by atoms with van der Waals surface area (Å²) in [6.07, 6.45) is 2.91. The highest BCUT2D eigenvalue weighted by atomic mass is 35.5. The van der Waals surface area contributed by atoms with Gasteiger partial charge in [-0.2, -0.15) is 0 Å². The number of hydrogen-bond acceptors (Lipinski definition) is 3. The van der Waals surface area contributed by atoms with Gasteiger partial charge in [0.25, 0.3) is 0 Å². The molecule has 0 heterocycles. The Labute approximate surface area is 104 Å². The number of halogens is 1.